The molecule has 0 unspecified atom stereocenters. The molecule has 0 atom stereocenters. The highest BCUT2D eigenvalue weighted by molar-refractivity contribution is 7.98. The van der Waals surface area contributed by atoms with Crippen molar-refractivity contribution in [2.45, 2.75) is 6.92 Å². The first kappa shape index (κ1) is 11.1. The Morgan fingerprint density at radius 2 is 2.07 bits per heavy atom. The Kier molecular flexibility index (Phi) is 4.52. The molecular weight excluding hydrogens is 196 g/mol. The fraction of sp³-hybridized carbons (Fsp3) is 0.556. The van der Waals surface area contributed by atoms with Crippen LogP contribution in [0.15, 0.2) is 6.07 Å². The monoisotopic (exact) mass is 212 g/mol. The number of hydrogen-bond acceptors (Lipinski definition) is 5. The Morgan fingerprint density at radius 1 is 1.36 bits per heavy atom. The van der Waals surface area contributed by atoms with Gasteiger partial charge >= 0.3 is 0 Å². The zero-order chi connectivity index (χ0) is 10.4. The van der Waals surface area contributed by atoms with E-state index in [2.05, 4.69) is 26.9 Å². The molecule has 0 aliphatic rings. The predicted molar refractivity (Wildman–Crippen MR) is 63.2 cm³/mol. The van der Waals surface area contributed by atoms with Gasteiger partial charge in [0.05, 0.1) is 0 Å². The molecule has 1 heterocycles. The van der Waals surface area contributed by atoms with Gasteiger partial charge in [-0.1, -0.05) is 0 Å². The molecule has 2 N–H and O–H groups in total. The summed E-state index contributed by atoms with van der Waals surface area (Å²) in [5.74, 6) is 3.60. The van der Waals surface area contributed by atoms with Gasteiger partial charge in [0, 0.05) is 25.4 Å². The summed E-state index contributed by atoms with van der Waals surface area (Å²) in [5.41, 5.74) is 0. The maximum Gasteiger partial charge on any atom is 0.131 e. The maximum absolute atomic E-state index is 4.28. The molecule has 0 spiro atoms. The van der Waals surface area contributed by atoms with Crippen LogP contribution >= 0.6 is 11.8 Å². The van der Waals surface area contributed by atoms with Crippen molar-refractivity contribution in [3.05, 3.63) is 11.9 Å². The average molecular weight is 212 g/mol. The molecule has 0 amide bonds. The highest BCUT2D eigenvalue weighted by Crippen LogP contribution is 2.10. The lowest BCUT2D eigenvalue weighted by Gasteiger charge is -2.07. The van der Waals surface area contributed by atoms with Gasteiger partial charge in [-0.3, -0.25) is 0 Å². The summed E-state index contributed by atoms with van der Waals surface area (Å²) < 4.78 is 0. The third-order valence-corrected chi connectivity index (χ3v) is 2.32. The fourth-order valence-corrected chi connectivity index (χ4v) is 1.37. The summed E-state index contributed by atoms with van der Waals surface area (Å²) in [4.78, 5) is 8.50. The summed E-state index contributed by atoms with van der Waals surface area (Å²) in [6.07, 6.45) is 2.09. The Bertz CT molecular complexity index is 290. The first-order chi connectivity index (χ1) is 6.76. The molecule has 1 aromatic rings. The Hall–Kier alpha value is -0.970. The second-order valence-corrected chi connectivity index (χ2v) is 3.84. The highest BCUT2D eigenvalue weighted by atomic mass is 32.2. The molecule has 0 radical (unpaired) electrons. The van der Waals surface area contributed by atoms with Gasteiger partial charge in [0.2, 0.25) is 0 Å². The standard InChI is InChI=1S/C9H16N4S/c1-7-12-8(10-2)6-9(13-7)11-4-5-14-3/h6H,4-5H2,1-3H3,(H2,10,11,12,13). The van der Waals surface area contributed by atoms with Crippen LogP contribution in [0.1, 0.15) is 5.82 Å². The predicted octanol–water partition coefficient (Wildman–Crippen LogP) is 1.60. The molecule has 14 heavy (non-hydrogen) atoms. The average Bonchev–Trinajstić information content (AvgIpc) is 2.17. The number of nitrogens with one attached hydrogen (secondary N) is 2. The van der Waals surface area contributed by atoms with E-state index in [-0.39, 0.29) is 0 Å². The van der Waals surface area contributed by atoms with Crippen LogP contribution in [0.25, 0.3) is 0 Å². The molecule has 1 rings (SSSR count). The molecule has 0 aliphatic heterocycles. The number of anilines is 2. The molecule has 0 fully saturated rings. The zero-order valence-corrected chi connectivity index (χ0v) is 9.61. The Labute approximate surface area is 88.9 Å². The number of nitrogens with zero attached hydrogens (tertiary/aromatic N) is 2. The topological polar surface area (TPSA) is 49.8 Å². The minimum absolute atomic E-state index is 0.781. The third kappa shape index (κ3) is 3.41. The lowest BCUT2D eigenvalue weighted by Crippen LogP contribution is -2.07. The molecule has 78 valence electrons. The summed E-state index contributed by atoms with van der Waals surface area (Å²) in [6.45, 7) is 2.82. The van der Waals surface area contributed by atoms with E-state index in [1.54, 1.807) is 0 Å². The molecule has 0 aliphatic carbocycles. The summed E-state index contributed by atoms with van der Waals surface area (Å²) in [5, 5.41) is 6.25. The number of hydrogen-bond donors (Lipinski definition) is 2. The molecule has 0 bridgehead atoms. The van der Waals surface area contributed by atoms with Crippen molar-refractivity contribution in [1.82, 2.24) is 9.97 Å². The molecule has 4 nitrogen and oxygen atoms in total. The second-order valence-electron chi connectivity index (χ2n) is 2.86. The molecule has 1 aromatic heterocycles. The highest BCUT2D eigenvalue weighted by Gasteiger charge is 1.98. The van der Waals surface area contributed by atoms with E-state index >= 15 is 0 Å². The minimum Gasteiger partial charge on any atom is -0.373 e. The summed E-state index contributed by atoms with van der Waals surface area (Å²) in [7, 11) is 1.85. The normalized spacial score (nSPS) is 9.93. The van der Waals surface area contributed by atoms with Crippen molar-refractivity contribution >= 4 is 23.4 Å². The first-order valence-corrected chi connectivity index (χ1v) is 5.92. The van der Waals surface area contributed by atoms with Crippen LogP contribution in [-0.4, -0.2) is 35.6 Å². The fourth-order valence-electron chi connectivity index (χ4n) is 1.07. The van der Waals surface area contributed by atoms with Crippen LogP contribution in [0.4, 0.5) is 11.6 Å². The zero-order valence-electron chi connectivity index (χ0n) is 8.79. The van der Waals surface area contributed by atoms with Crippen molar-refractivity contribution < 1.29 is 0 Å². The lowest BCUT2D eigenvalue weighted by atomic mass is 10.5. The van der Waals surface area contributed by atoms with Gasteiger partial charge < -0.3 is 10.6 Å². The summed E-state index contributed by atoms with van der Waals surface area (Å²) in [6, 6.07) is 1.91. The number of aryl methyl sites for hydroxylation is 1. The van der Waals surface area contributed by atoms with E-state index in [0.29, 0.717) is 0 Å². The van der Waals surface area contributed by atoms with Crippen molar-refractivity contribution in [2.24, 2.45) is 0 Å². The van der Waals surface area contributed by atoms with Crippen molar-refractivity contribution in [3.63, 3.8) is 0 Å². The molecular formula is C9H16N4S. The molecule has 0 saturated carbocycles. The van der Waals surface area contributed by atoms with Gasteiger partial charge in [-0.15, -0.1) is 0 Å². The molecule has 0 saturated heterocycles. The Morgan fingerprint density at radius 3 is 2.71 bits per heavy atom. The van der Waals surface area contributed by atoms with E-state index in [9.17, 15) is 0 Å². The van der Waals surface area contributed by atoms with Gasteiger partial charge in [0.15, 0.2) is 0 Å². The van der Waals surface area contributed by atoms with Gasteiger partial charge in [0.25, 0.3) is 0 Å². The van der Waals surface area contributed by atoms with Crippen LogP contribution in [0.5, 0.6) is 0 Å². The molecule has 0 aromatic carbocycles. The number of thioether (sulfide) groups is 1. The van der Waals surface area contributed by atoms with Gasteiger partial charge in [0.1, 0.15) is 17.5 Å². The van der Waals surface area contributed by atoms with Crippen LogP contribution in [0.2, 0.25) is 0 Å². The van der Waals surface area contributed by atoms with Gasteiger partial charge in [-0.2, -0.15) is 11.8 Å². The van der Waals surface area contributed by atoms with E-state index in [1.807, 2.05) is 31.8 Å². The van der Waals surface area contributed by atoms with Gasteiger partial charge in [-0.25, -0.2) is 9.97 Å². The SMILES string of the molecule is CNc1cc(NCCSC)nc(C)n1. The van der Waals surface area contributed by atoms with Crippen LogP contribution in [0, 0.1) is 6.92 Å². The Balaban J connectivity index is 2.62. The van der Waals surface area contributed by atoms with E-state index in [4.69, 9.17) is 0 Å². The number of rotatable bonds is 5. The number of aromatic nitrogens is 2. The second kappa shape index (κ2) is 5.70. The third-order valence-electron chi connectivity index (χ3n) is 1.71. The van der Waals surface area contributed by atoms with Crippen LogP contribution < -0.4 is 10.6 Å². The van der Waals surface area contributed by atoms with Crippen molar-refractivity contribution in [2.75, 3.05) is 36.2 Å². The smallest absolute Gasteiger partial charge is 0.131 e. The van der Waals surface area contributed by atoms with E-state index in [1.165, 1.54) is 0 Å². The minimum atomic E-state index is 0.781. The van der Waals surface area contributed by atoms with E-state index in [0.717, 1.165) is 29.8 Å². The summed E-state index contributed by atoms with van der Waals surface area (Å²) >= 11 is 1.81. The molecule has 5 heteroatoms. The maximum atomic E-state index is 4.28. The van der Waals surface area contributed by atoms with Gasteiger partial charge in [-0.05, 0) is 13.2 Å². The van der Waals surface area contributed by atoms with Crippen LogP contribution in [0.3, 0.4) is 0 Å². The van der Waals surface area contributed by atoms with Crippen LogP contribution in [-0.2, 0) is 0 Å². The lowest BCUT2D eigenvalue weighted by molar-refractivity contribution is 1.04. The quantitative estimate of drug-likeness (QED) is 0.726. The van der Waals surface area contributed by atoms with Crippen molar-refractivity contribution in [3.8, 4) is 0 Å². The van der Waals surface area contributed by atoms with Crippen molar-refractivity contribution in [1.29, 1.82) is 0 Å². The first-order valence-electron chi connectivity index (χ1n) is 4.52. The largest absolute Gasteiger partial charge is 0.373 e. The van der Waals surface area contributed by atoms with E-state index < -0.39 is 0 Å².